The van der Waals surface area contributed by atoms with Crippen molar-refractivity contribution in [3.63, 3.8) is 0 Å². The summed E-state index contributed by atoms with van der Waals surface area (Å²) in [4.78, 5) is 25.1. The number of carbonyl (C=O) groups excluding carboxylic acids is 2. The molecule has 0 N–H and O–H groups in total. The van der Waals surface area contributed by atoms with E-state index in [2.05, 4.69) is 0 Å². The van der Waals surface area contributed by atoms with Crippen LogP contribution in [0, 0.1) is 13.8 Å². The summed E-state index contributed by atoms with van der Waals surface area (Å²) in [6.45, 7) is 3.76. The van der Waals surface area contributed by atoms with Crippen LogP contribution in [0.15, 0.2) is 97.1 Å². The number of hydrogen-bond acceptors (Lipinski definition) is 4. The van der Waals surface area contributed by atoms with E-state index in [1.165, 1.54) is 0 Å². The first kappa shape index (κ1) is 21.1. The minimum absolute atomic E-state index is 0.393. The molecule has 32 heavy (non-hydrogen) atoms. The summed E-state index contributed by atoms with van der Waals surface area (Å²) >= 11 is 0. The van der Waals surface area contributed by atoms with E-state index in [1.54, 1.807) is 36.4 Å². The summed E-state index contributed by atoms with van der Waals surface area (Å²) in [5, 5.41) is 0. The first-order valence-corrected chi connectivity index (χ1v) is 10.3. The highest BCUT2D eigenvalue weighted by Crippen LogP contribution is 2.26. The van der Waals surface area contributed by atoms with Crippen LogP contribution in [-0.2, 0) is 0 Å². The third-order valence-corrected chi connectivity index (χ3v) is 5.13. The fourth-order valence-corrected chi connectivity index (χ4v) is 3.45. The average Bonchev–Trinajstić information content (AvgIpc) is 2.80. The average molecular weight is 422 g/mol. The molecule has 0 fully saturated rings. The standard InChI is InChI=1S/C28H22O4/c1-19-17-21(13-15-25(19)27(29)31-23-9-5-3-6-10-23)22-14-16-26(20(2)18-22)28(30)32-24-11-7-4-8-12-24/h3-18H,1-2H3. The topological polar surface area (TPSA) is 52.6 Å². The fourth-order valence-electron chi connectivity index (χ4n) is 3.45. The Kier molecular flexibility index (Phi) is 6.13. The van der Waals surface area contributed by atoms with E-state index in [1.807, 2.05) is 74.5 Å². The van der Waals surface area contributed by atoms with Gasteiger partial charge >= 0.3 is 11.9 Å². The van der Waals surface area contributed by atoms with Crippen molar-refractivity contribution in [2.75, 3.05) is 0 Å². The van der Waals surface area contributed by atoms with Gasteiger partial charge in [-0.15, -0.1) is 0 Å². The molecule has 0 radical (unpaired) electrons. The molecule has 0 aliphatic heterocycles. The molecule has 0 unspecified atom stereocenters. The molecule has 0 heterocycles. The van der Waals surface area contributed by atoms with Gasteiger partial charge in [0.1, 0.15) is 11.5 Å². The van der Waals surface area contributed by atoms with Crippen LogP contribution in [0.2, 0.25) is 0 Å². The number of rotatable bonds is 5. The minimum Gasteiger partial charge on any atom is -0.423 e. The maximum Gasteiger partial charge on any atom is 0.343 e. The van der Waals surface area contributed by atoms with Crippen LogP contribution in [0.3, 0.4) is 0 Å². The summed E-state index contributed by atoms with van der Waals surface area (Å²) in [5.74, 6) is 0.232. The van der Waals surface area contributed by atoms with Gasteiger partial charge in [0.05, 0.1) is 11.1 Å². The normalized spacial score (nSPS) is 10.4. The Hall–Kier alpha value is -4.18. The van der Waals surface area contributed by atoms with Crippen molar-refractivity contribution in [2.45, 2.75) is 13.8 Å². The van der Waals surface area contributed by atoms with E-state index in [9.17, 15) is 9.59 Å². The second kappa shape index (κ2) is 9.31. The molecule has 4 aromatic carbocycles. The Morgan fingerprint density at radius 2 is 0.906 bits per heavy atom. The van der Waals surface area contributed by atoms with Gasteiger partial charge in [-0.05, 0) is 72.5 Å². The second-order valence-corrected chi connectivity index (χ2v) is 7.46. The summed E-state index contributed by atoms with van der Waals surface area (Å²) in [5.41, 5.74) is 4.55. The molecule has 4 rings (SSSR count). The van der Waals surface area contributed by atoms with Crippen molar-refractivity contribution in [3.05, 3.63) is 119 Å². The number of aryl methyl sites for hydroxylation is 2. The highest BCUT2D eigenvalue weighted by Gasteiger charge is 2.15. The van der Waals surface area contributed by atoms with Gasteiger partial charge < -0.3 is 9.47 Å². The Morgan fingerprint density at radius 1 is 0.531 bits per heavy atom. The SMILES string of the molecule is Cc1cc(-c2ccc(C(=O)Oc3ccccc3)c(C)c2)ccc1C(=O)Oc1ccccc1. The van der Waals surface area contributed by atoms with Crippen molar-refractivity contribution in [1.29, 1.82) is 0 Å². The molecule has 0 aliphatic carbocycles. The zero-order chi connectivity index (χ0) is 22.5. The van der Waals surface area contributed by atoms with E-state index in [0.717, 1.165) is 22.3 Å². The van der Waals surface area contributed by atoms with Crippen LogP contribution in [0.1, 0.15) is 31.8 Å². The predicted molar refractivity (Wildman–Crippen MR) is 124 cm³/mol. The zero-order valence-electron chi connectivity index (χ0n) is 17.9. The number of para-hydroxylation sites is 2. The molecule has 0 saturated carbocycles. The molecule has 0 bridgehead atoms. The molecule has 0 amide bonds. The van der Waals surface area contributed by atoms with Gasteiger partial charge in [-0.3, -0.25) is 0 Å². The van der Waals surface area contributed by atoms with Gasteiger partial charge in [-0.2, -0.15) is 0 Å². The molecular weight excluding hydrogens is 400 g/mol. The zero-order valence-corrected chi connectivity index (χ0v) is 17.9. The van der Waals surface area contributed by atoms with E-state index >= 15 is 0 Å². The maximum absolute atomic E-state index is 12.5. The van der Waals surface area contributed by atoms with Gasteiger partial charge in [0, 0.05) is 0 Å². The Morgan fingerprint density at radius 3 is 1.25 bits per heavy atom. The molecule has 4 aromatic rings. The van der Waals surface area contributed by atoms with Crippen LogP contribution in [0.25, 0.3) is 11.1 Å². The molecular formula is C28H22O4. The summed E-state index contributed by atoms with van der Waals surface area (Å²) in [6.07, 6.45) is 0. The van der Waals surface area contributed by atoms with Gasteiger partial charge in [-0.25, -0.2) is 9.59 Å². The van der Waals surface area contributed by atoms with Crippen LogP contribution in [0.4, 0.5) is 0 Å². The molecule has 0 spiro atoms. The third-order valence-electron chi connectivity index (χ3n) is 5.13. The lowest BCUT2D eigenvalue weighted by Crippen LogP contribution is -2.10. The summed E-state index contributed by atoms with van der Waals surface area (Å²) in [7, 11) is 0. The number of hydrogen-bond donors (Lipinski definition) is 0. The van der Waals surface area contributed by atoms with Crippen LogP contribution < -0.4 is 9.47 Å². The number of carbonyl (C=O) groups is 2. The van der Waals surface area contributed by atoms with Crippen molar-refractivity contribution >= 4 is 11.9 Å². The van der Waals surface area contributed by atoms with E-state index in [-0.39, 0.29) is 0 Å². The number of esters is 2. The van der Waals surface area contributed by atoms with E-state index in [4.69, 9.17) is 9.47 Å². The van der Waals surface area contributed by atoms with Crippen molar-refractivity contribution < 1.29 is 19.1 Å². The summed E-state index contributed by atoms with van der Waals surface area (Å²) in [6, 6.07) is 29.2. The van der Waals surface area contributed by atoms with Crippen molar-refractivity contribution in [3.8, 4) is 22.6 Å². The monoisotopic (exact) mass is 422 g/mol. The predicted octanol–water partition coefficient (Wildman–Crippen LogP) is 6.41. The van der Waals surface area contributed by atoms with Gasteiger partial charge in [-0.1, -0.05) is 60.7 Å². The highest BCUT2D eigenvalue weighted by atomic mass is 16.5. The second-order valence-electron chi connectivity index (χ2n) is 7.46. The van der Waals surface area contributed by atoms with Crippen LogP contribution >= 0.6 is 0 Å². The van der Waals surface area contributed by atoms with E-state index in [0.29, 0.717) is 22.6 Å². The lowest BCUT2D eigenvalue weighted by molar-refractivity contribution is 0.0724. The number of benzene rings is 4. The van der Waals surface area contributed by atoms with Crippen molar-refractivity contribution in [2.24, 2.45) is 0 Å². The van der Waals surface area contributed by atoms with Gasteiger partial charge in [0.2, 0.25) is 0 Å². The van der Waals surface area contributed by atoms with Crippen molar-refractivity contribution in [1.82, 2.24) is 0 Å². The Balaban J connectivity index is 1.52. The molecule has 4 heteroatoms. The fraction of sp³-hybridized carbons (Fsp3) is 0.0714. The number of ether oxygens (including phenoxy) is 2. The van der Waals surface area contributed by atoms with Gasteiger partial charge in [0.25, 0.3) is 0 Å². The lowest BCUT2D eigenvalue weighted by atomic mass is 9.97. The first-order chi connectivity index (χ1) is 15.5. The third kappa shape index (κ3) is 4.76. The molecule has 0 aromatic heterocycles. The quantitative estimate of drug-likeness (QED) is 0.275. The van der Waals surface area contributed by atoms with Gasteiger partial charge in [0.15, 0.2) is 0 Å². The largest absolute Gasteiger partial charge is 0.423 e. The highest BCUT2D eigenvalue weighted by molar-refractivity contribution is 5.94. The lowest BCUT2D eigenvalue weighted by Gasteiger charge is -2.11. The van der Waals surface area contributed by atoms with Crippen LogP contribution in [-0.4, -0.2) is 11.9 Å². The maximum atomic E-state index is 12.5. The summed E-state index contributed by atoms with van der Waals surface area (Å²) < 4.78 is 10.9. The molecule has 0 saturated heterocycles. The smallest absolute Gasteiger partial charge is 0.343 e. The molecule has 4 nitrogen and oxygen atoms in total. The first-order valence-electron chi connectivity index (χ1n) is 10.3. The Bertz CT molecular complexity index is 1160. The van der Waals surface area contributed by atoms with E-state index < -0.39 is 11.9 Å². The molecule has 158 valence electrons. The molecule has 0 aliphatic rings. The Labute approximate surface area is 187 Å². The van der Waals surface area contributed by atoms with Crippen LogP contribution in [0.5, 0.6) is 11.5 Å². The molecule has 0 atom stereocenters. The minimum atomic E-state index is -0.393.